The molecule has 0 radical (unpaired) electrons. The molecule has 0 aliphatic carbocycles. The fourth-order valence-corrected chi connectivity index (χ4v) is 3.19. The molecule has 7 nitrogen and oxygen atoms in total. The minimum atomic E-state index is -3.73. The molecule has 2 rings (SSSR count). The van der Waals surface area contributed by atoms with Crippen molar-refractivity contribution in [2.75, 3.05) is 22.4 Å². The summed E-state index contributed by atoms with van der Waals surface area (Å²) < 4.78 is 25.0. The van der Waals surface area contributed by atoms with Gasteiger partial charge in [0.25, 0.3) is 5.91 Å². The number of sulfonamides is 1. The number of hydrogen-bond acceptors (Lipinski definition) is 4. The third-order valence-corrected chi connectivity index (χ3v) is 4.63. The Hall–Kier alpha value is -2.58. The van der Waals surface area contributed by atoms with Crippen LogP contribution in [0.5, 0.6) is 0 Å². The van der Waals surface area contributed by atoms with Gasteiger partial charge in [-0.15, -0.1) is 0 Å². The molecular weight excluding hydrogens is 366 g/mol. The second kappa shape index (κ2) is 7.54. The quantitative estimate of drug-likeness (QED) is 0.795. The van der Waals surface area contributed by atoms with Gasteiger partial charge in [-0.1, -0.05) is 29.8 Å². The molecule has 2 aromatic carbocycles. The van der Waals surface area contributed by atoms with E-state index in [4.69, 9.17) is 17.3 Å². The first-order valence-electron chi connectivity index (χ1n) is 7.10. The zero-order valence-corrected chi connectivity index (χ0v) is 14.8. The number of primary amides is 1. The Bertz CT molecular complexity index is 915. The standard InChI is InChI=1S/C16H16ClN3O4S/c1-25(23,24)20(12-6-4-5-11(17)9-12)10-15(21)19-14-8-3-2-7-13(14)16(18)22/h2-9H,10H2,1H3,(H2,18,22)(H,19,21). The molecule has 0 aromatic heterocycles. The predicted octanol–water partition coefficient (Wildman–Crippen LogP) is 1.84. The van der Waals surface area contributed by atoms with Crippen molar-refractivity contribution < 1.29 is 18.0 Å². The van der Waals surface area contributed by atoms with E-state index in [1.807, 2.05) is 0 Å². The van der Waals surface area contributed by atoms with E-state index in [0.717, 1.165) is 10.6 Å². The van der Waals surface area contributed by atoms with Gasteiger partial charge in [0.1, 0.15) is 6.54 Å². The number of benzene rings is 2. The number of carbonyl (C=O) groups is 2. The van der Waals surface area contributed by atoms with Gasteiger partial charge in [-0.05, 0) is 30.3 Å². The van der Waals surface area contributed by atoms with Gasteiger partial charge in [-0.25, -0.2) is 8.42 Å². The fourth-order valence-electron chi connectivity index (χ4n) is 2.16. The number of carbonyl (C=O) groups excluding carboxylic acids is 2. The molecule has 0 bridgehead atoms. The third-order valence-electron chi connectivity index (χ3n) is 3.25. The highest BCUT2D eigenvalue weighted by Gasteiger charge is 2.22. The first-order valence-corrected chi connectivity index (χ1v) is 9.33. The highest BCUT2D eigenvalue weighted by atomic mass is 35.5. The summed E-state index contributed by atoms with van der Waals surface area (Å²) in [6.45, 7) is -0.480. The second-order valence-electron chi connectivity index (χ2n) is 5.21. The molecule has 0 heterocycles. The summed E-state index contributed by atoms with van der Waals surface area (Å²) in [7, 11) is -3.73. The molecule has 9 heteroatoms. The summed E-state index contributed by atoms with van der Waals surface area (Å²) >= 11 is 5.89. The predicted molar refractivity (Wildman–Crippen MR) is 97.2 cm³/mol. The van der Waals surface area contributed by atoms with Gasteiger partial charge in [0, 0.05) is 5.02 Å². The topological polar surface area (TPSA) is 110 Å². The van der Waals surface area contributed by atoms with Crippen LogP contribution in [0.1, 0.15) is 10.4 Å². The van der Waals surface area contributed by atoms with Crippen LogP contribution in [0.15, 0.2) is 48.5 Å². The monoisotopic (exact) mass is 381 g/mol. The van der Waals surface area contributed by atoms with E-state index in [9.17, 15) is 18.0 Å². The van der Waals surface area contributed by atoms with E-state index in [1.165, 1.54) is 24.3 Å². The molecule has 3 N–H and O–H groups in total. The molecule has 0 fully saturated rings. The Morgan fingerprint density at radius 2 is 1.84 bits per heavy atom. The molecule has 0 unspecified atom stereocenters. The van der Waals surface area contributed by atoms with Crippen LogP contribution in [0.4, 0.5) is 11.4 Å². The van der Waals surface area contributed by atoms with Gasteiger partial charge in [0.2, 0.25) is 15.9 Å². The van der Waals surface area contributed by atoms with E-state index in [2.05, 4.69) is 5.32 Å². The molecule has 0 spiro atoms. The van der Waals surface area contributed by atoms with Gasteiger partial charge in [-0.3, -0.25) is 13.9 Å². The van der Waals surface area contributed by atoms with E-state index in [1.54, 1.807) is 24.3 Å². The molecule has 0 aliphatic heterocycles. The van der Waals surface area contributed by atoms with Crippen molar-refractivity contribution in [3.63, 3.8) is 0 Å². The molecule has 0 atom stereocenters. The van der Waals surface area contributed by atoms with Gasteiger partial charge < -0.3 is 11.1 Å². The van der Waals surface area contributed by atoms with Crippen LogP contribution in [0.3, 0.4) is 0 Å². The SMILES string of the molecule is CS(=O)(=O)N(CC(=O)Nc1ccccc1C(N)=O)c1cccc(Cl)c1. The highest BCUT2D eigenvalue weighted by Crippen LogP contribution is 2.22. The molecular formula is C16H16ClN3O4S. The number of anilines is 2. The normalized spacial score (nSPS) is 11.0. The van der Waals surface area contributed by atoms with Gasteiger partial charge in [-0.2, -0.15) is 0 Å². The highest BCUT2D eigenvalue weighted by molar-refractivity contribution is 7.92. The van der Waals surface area contributed by atoms with E-state index in [0.29, 0.717) is 5.02 Å². The third kappa shape index (κ3) is 4.94. The van der Waals surface area contributed by atoms with Crippen LogP contribution in [0.25, 0.3) is 0 Å². The van der Waals surface area contributed by atoms with E-state index in [-0.39, 0.29) is 16.9 Å². The second-order valence-corrected chi connectivity index (χ2v) is 7.55. The van der Waals surface area contributed by atoms with Crippen LogP contribution in [0.2, 0.25) is 5.02 Å². The minimum absolute atomic E-state index is 0.129. The number of amides is 2. The maximum absolute atomic E-state index is 12.3. The smallest absolute Gasteiger partial charge is 0.250 e. The number of halogens is 1. The summed E-state index contributed by atoms with van der Waals surface area (Å²) in [5, 5.41) is 2.84. The number of hydrogen-bond donors (Lipinski definition) is 2. The summed E-state index contributed by atoms with van der Waals surface area (Å²) in [6, 6.07) is 12.3. The van der Waals surface area contributed by atoms with Gasteiger partial charge >= 0.3 is 0 Å². The number of rotatable bonds is 6. The average Bonchev–Trinajstić information content (AvgIpc) is 2.52. The van der Waals surface area contributed by atoms with Crippen molar-refractivity contribution >= 4 is 44.8 Å². The maximum Gasteiger partial charge on any atom is 0.250 e. The summed E-state index contributed by atoms with van der Waals surface area (Å²) in [6.07, 6.45) is 0.985. The first kappa shape index (κ1) is 18.8. The summed E-state index contributed by atoms with van der Waals surface area (Å²) in [5.41, 5.74) is 5.85. The van der Waals surface area contributed by atoms with Crippen molar-refractivity contribution in [2.24, 2.45) is 5.73 Å². The number of nitrogens with two attached hydrogens (primary N) is 1. The molecule has 0 saturated heterocycles. The molecule has 0 saturated carbocycles. The van der Waals surface area contributed by atoms with Crippen LogP contribution >= 0.6 is 11.6 Å². The lowest BCUT2D eigenvalue weighted by molar-refractivity contribution is -0.114. The Kier molecular flexibility index (Phi) is 5.66. The molecule has 2 amide bonds. The van der Waals surface area contributed by atoms with Crippen molar-refractivity contribution in [3.05, 3.63) is 59.1 Å². The number of nitrogens with zero attached hydrogens (tertiary/aromatic N) is 1. The van der Waals surface area contributed by atoms with Gasteiger partial charge in [0.05, 0.1) is 23.2 Å². The van der Waals surface area contributed by atoms with E-state index >= 15 is 0 Å². The van der Waals surface area contributed by atoms with Crippen molar-refractivity contribution in [2.45, 2.75) is 0 Å². The maximum atomic E-state index is 12.3. The average molecular weight is 382 g/mol. The lowest BCUT2D eigenvalue weighted by Gasteiger charge is -2.22. The lowest BCUT2D eigenvalue weighted by Crippen LogP contribution is -2.37. The molecule has 25 heavy (non-hydrogen) atoms. The van der Waals surface area contributed by atoms with E-state index < -0.39 is 28.4 Å². The largest absolute Gasteiger partial charge is 0.366 e. The first-order chi connectivity index (χ1) is 11.7. The summed E-state index contributed by atoms with van der Waals surface area (Å²) in [5.74, 6) is -1.33. The zero-order valence-electron chi connectivity index (χ0n) is 13.3. The molecule has 0 aliphatic rings. The van der Waals surface area contributed by atoms with Gasteiger partial charge in [0.15, 0.2) is 0 Å². The Morgan fingerprint density at radius 3 is 2.44 bits per heavy atom. The minimum Gasteiger partial charge on any atom is -0.366 e. The number of para-hydroxylation sites is 1. The van der Waals surface area contributed by atoms with Crippen molar-refractivity contribution in [1.82, 2.24) is 0 Å². The van der Waals surface area contributed by atoms with Crippen molar-refractivity contribution in [3.8, 4) is 0 Å². The Labute approximate surface area is 150 Å². The van der Waals surface area contributed by atoms with Crippen LogP contribution in [0, 0.1) is 0 Å². The molecule has 132 valence electrons. The Morgan fingerprint density at radius 1 is 1.16 bits per heavy atom. The lowest BCUT2D eigenvalue weighted by atomic mass is 10.1. The van der Waals surface area contributed by atoms with Crippen LogP contribution in [-0.2, 0) is 14.8 Å². The fraction of sp³-hybridized carbons (Fsp3) is 0.125. The van der Waals surface area contributed by atoms with Crippen LogP contribution in [-0.4, -0.2) is 33.0 Å². The zero-order chi connectivity index (χ0) is 18.6. The van der Waals surface area contributed by atoms with Crippen LogP contribution < -0.4 is 15.4 Å². The summed E-state index contributed by atoms with van der Waals surface area (Å²) in [4.78, 5) is 23.7. The van der Waals surface area contributed by atoms with Crippen molar-refractivity contribution in [1.29, 1.82) is 0 Å². The molecule has 2 aromatic rings. The number of nitrogens with one attached hydrogen (secondary N) is 1. The Balaban J connectivity index is 2.26.